The topological polar surface area (TPSA) is 38.3 Å². The van der Waals surface area contributed by atoms with Crippen LogP contribution in [0.1, 0.15) is 12.5 Å². The number of fused-ring (bicyclic) bond motifs is 1. The van der Waals surface area contributed by atoms with Crippen molar-refractivity contribution in [2.45, 2.75) is 23.5 Å². The van der Waals surface area contributed by atoms with Gasteiger partial charge in [-0.05, 0) is 18.1 Å². The summed E-state index contributed by atoms with van der Waals surface area (Å²) in [5, 5.41) is 3.10. The summed E-state index contributed by atoms with van der Waals surface area (Å²) in [6, 6.07) is 8.26. The number of amides is 1. The molecule has 2 aliphatic rings. The number of ether oxygens (including phenoxy) is 1. The van der Waals surface area contributed by atoms with Crippen LogP contribution in [0.25, 0.3) is 0 Å². The van der Waals surface area contributed by atoms with E-state index in [4.69, 9.17) is 4.74 Å². The number of hydrogen-bond donors (Lipinski definition) is 1. The zero-order valence-electron chi connectivity index (χ0n) is 10.4. The normalized spacial score (nSPS) is 24.2. The zero-order chi connectivity index (χ0) is 12.6. The molecule has 1 N–H and O–H groups in total. The Morgan fingerprint density at radius 2 is 2.28 bits per heavy atom. The molecule has 1 fully saturated rings. The number of carbonyl (C=O) groups excluding carboxylic acids is 1. The molecule has 1 aromatic rings. The molecule has 2 aliphatic heterocycles. The Kier molecular flexibility index (Phi) is 3.08. The largest absolute Gasteiger partial charge is 0.380 e. The molecule has 0 bridgehead atoms. The third-order valence-electron chi connectivity index (χ3n) is 3.53. The molecule has 1 unspecified atom stereocenters. The lowest BCUT2D eigenvalue weighted by molar-refractivity contribution is -0.126. The molecule has 1 aromatic carbocycles. The predicted octanol–water partition coefficient (Wildman–Crippen LogP) is 1.86. The summed E-state index contributed by atoms with van der Waals surface area (Å²) in [5.41, 5.74) is 1.44. The van der Waals surface area contributed by atoms with Crippen molar-refractivity contribution >= 4 is 17.7 Å². The standard InChI is InChI=1S/C14H17NO2S/c1-14(8-17-9-14)7-15-13(16)12-6-10-4-2-3-5-11(10)18-12/h2-5,12H,6-9H2,1H3,(H,15,16). The highest BCUT2D eigenvalue weighted by atomic mass is 32.2. The van der Waals surface area contributed by atoms with Gasteiger partial charge in [0, 0.05) is 16.9 Å². The summed E-state index contributed by atoms with van der Waals surface area (Å²) < 4.78 is 5.19. The van der Waals surface area contributed by atoms with Gasteiger partial charge in [-0.2, -0.15) is 0 Å². The van der Waals surface area contributed by atoms with E-state index < -0.39 is 0 Å². The summed E-state index contributed by atoms with van der Waals surface area (Å²) in [7, 11) is 0. The van der Waals surface area contributed by atoms with Crippen molar-refractivity contribution in [2.75, 3.05) is 19.8 Å². The Labute approximate surface area is 111 Å². The van der Waals surface area contributed by atoms with Gasteiger partial charge in [0.1, 0.15) is 0 Å². The van der Waals surface area contributed by atoms with Crippen molar-refractivity contribution in [3.05, 3.63) is 29.8 Å². The Hall–Kier alpha value is -1.00. The highest BCUT2D eigenvalue weighted by Crippen LogP contribution is 2.37. The van der Waals surface area contributed by atoms with Gasteiger partial charge in [-0.3, -0.25) is 4.79 Å². The van der Waals surface area contributed by atoms with Crippen molar-refractivity contribution in [1.82, 2.24) is 5.32 Å². The molecule has 3 nitrogen and oxygen atoms in total. The lowest BCUT2D eigenvalue weighted by Crippen LogP contribution is -2.49. The minimum Gasteiger partial charge on any atom is -0.380 e. The van der Waals surface area contributed by atoms with E-state index in [1.807, 2.05) is 12.1 Å². The first-order valence-electron chi connectivity index (χ1n) is 6.26. The Morgan fingerprint density at radius 3 is 2.94 bits per heavy atom. The SMILES string of the molecule is CC1(CNC(=O)C2Cc3ccccc3S2)COC1. The Morgan fingerprint density at radius 1 is 1.50 bits per heavy atom. The van der Waals surface area contributed by atoms with Crippen LogP contribution in [0.2, 0.25) is 0 Å². The van der Waals surface area contributed by atoms with Crippen LogP contribution in [0.3, 0.4) is 0 Å². The summed E-state index contributed by atoms with van der Waals surface area (Å²) in [5.74, 6) is 0.157. The van der Waals surface area contributed by atoms with Crippen molar-refractivity contribution in [2.24, 2.45) is 5.41 Å². The van der Waals surface area contributed by atoms with Gasteiger partial charge in [0.15, 0.2) is 0 Å². The maximum Gasteiger partial charge on any atom is 0.233 e. The number of benzene rings is 1. The Balaban J connectivity index is 1.56. The molecule has 0 saturated carbocycles. The molecule has 4 heteroatoms. The van der Waals surface area contributed by atoms with Crippen molar-refractivity contribution in [3.8, 4) is 0 Å². The van der Waals surface area contributed by atoms with E-state index in [1.54, 1.807) is 11.8 Å². The van der Waals surface area contributed by atoms with Crippen molar-refractivity contribution in [1.29, 1.82) is 0 Å². The molecule has 0 aliphatic carbocycles. The third-order valence-corrected chi connectivity index (χ3v) is 4.85. The van der Waals surface area contributed by atoms with Crippen LogP contribution >= 0.6 is 11.8 Å². The second-order valence-electron chi connectivity index (χ2n) is 5.44. The minimum atomic E-state index is 0.0343. The van der Waals surface area contributed by atoms with E-state index >= 15 is 0 Å². The van der Waals surface area contributed by atoms with Gasteiger partial charge < -0.3 is 10.1 Å². The van der Waals surface area contributed by atoms with Crippen LogP contribution in [-0.4, -0.2) is 30.9 Å². The number of hydrogen-bond acceptors (Lipinski definition) is 3. The maximum atomic E-state index is 12.1. The van der Waals surface area contributed by atoms with E-state index in [1.165, 1.54) is 10.5 Å². The van der Waals surface area contributed by atoms with Gasteiger partial charge in [-0.25, -0.2) is 0 Å². The van der Waals surface area contributed by atoms with Crippen LogP contribution in [0.4, 0.5) is 0 Å². The van der Waals surface area contributed by atoms with Crippen molar-refractivity contribution in [3.63, 3.8) is 0 Å². The molecule has 3 rings (SSSR count). The Bertz CT molecular complexity index is 446. The second kappa shape index (κ2) is 4.59. The second-order valence-corrected chi connectivity index (χ2v) is 6.68. The molecule has 0 aromatic heterocycles. The van der Waals surface area contributed by atoms with Crippen LogP contribution in [0.5, 0.6) is 0 Å². The van der Waals surface area contributed by atoms with Gasteiger partial charge in [0.05, 0.1) is 18.5 Å². The summed E-state index contributed by atoms with van der Waals surface area (Å²) in [6.45, 7) is 4.38. The van der Waals surface area contributed by atoms with Crippen LogP contribution in [0, 0.1) is 5.41 Å². The zero-order valence-corrected chi connectivity index (χ0v) is 11.3. The van der Waals surface area contributed by atoms with Crippen LogP contribution < -0.4 is 5.32 Å². The summed E-state index contributed by atoms with van der Waals surface area (Å²) in [4.78, 5) is 13.4. The summed E-state index contributed by atoms with van der Waals surface area (Å²) >= 11 is 1.68. The smallest absolute Gasteiger partial charge is 0.233 e. The fourth-order valence-electron chi connectivity index (χ4n) is 2.30. The maximum absolute atomic E-state index is 12.1. The van der Waals surface area contributed by atoms with Gasteiger partial charge >= 0.3 is 0 Å². The molecular formula is C14H17NO2S. The van der Waals surface area contributed by atoms with Crippen LogP contribution in [-0.2, 0) is 16.0 Å². The van der Waals surface area contributed by atoms with E-state index in [0.29, 0.717) is 0 Å². The lowest BCUT2D eigenvalue weighted by Gasteiger charge is -2.38. The fourth-order valence-corrected chi connectivity index (χ4v) is 3.51. The average molecular weight is 263 g/mol. The molecule has 0 spiro atoms. The number of carbonyl (C=O) groups is 1. The highest BCUT2D eigenvalue weighted by molar-refractivity contribution is 8.01. The molecule has 0 radical (unpaired) electrons. The minimum absolute atomic E-state index is 0.0343. The monoisotopic (exact) mass is 263 g/mol. The van der Waals surface area contributed by atoms with Gasteiger partial charge in [0.25, 0.3) is 0 Å². The first-order valence-corrected chi connectivity index (χ1v) is 7.14. The van der Waals surface area contributed by atoms with Crippen molar-refractivity contribution < 1.29 is 9.53 Å². The fraction of sp³-hybridized carbons (Fsp3) is 0.500. The quantitative estimate of drug-likeness (QED) is 0.904. The molecule has 18 heavy (non-hydrogen) atoms. The average Bonchev–Trinajstić information content (AvgIpc) is 2.77. The van der Waals surface area contributed by atoms with E-state index in [2.05, 4.69) is 24.4 Å². The summed E-state index contributed by atoms with van der Waals surface area (Å²) in [6.07, 6.45) is 0.847. The molecule has 2 heterocycles. The van der Waals surface area contributed by atoms with E-state index in [0.717, 1.165) is 26.2 Å². The van der Waals surface area contributed by atoms with E-state index in [-0.39, 0.29) is 16.6 Å². The highest BCUT2D eigenvalue weighted by Gasteiger charge is 2.35. The third kappa shape index (κ3) is 2.27. The lowest BCUT2D eigenvalue weighted by atomic mass is 9.89. The van der Waals surface area contributed by atoms with Gasteiger partial charge in [0.2, 0.25) is 5.91 Å². The van der Waals surface area contributed by atoms with Crippen LogP contribution in [0.15, 0.2) is 29.2 Å². The molecule has 96 valence electrons. The predicted molar refractivity (Wildman–Crippen MR) is 71.7 cm³/mol. The number of rotatable bonds is 3. The number of nitrogens with one attached hydrogen (secondary N) is 1. The number of thioether (sulfide) groups is 1. The van der Waals surface area contributed by atoms with Gasteiger partial charge in [-0.15, -0.1) is 11.8 Å². The van der Waals surface area contributed by atoms with Gasteiger partial charge in [-0.1, -0.05) is 25.1 Å². The first kappa shape index (κ1) is 12.1. The molecular weight excluding hydrogens is 246 g/mol. The van der Waals surface area contributed by atoms with E-state index in [9.17, 15) is 4.79 Å². The first-order chi connectivity index (χ1) is 8.66. The molecule has 1 saturated heterocycles. The molecule has 1 amide bonds. The molecule has 1 atom stereocenters.